The lowest BCUT2D eigenvalue weighted by Crippen LogP contribution is -2.43. The van der Waals surface area contributed by atoms with E-state index >= 15 is 0 Å². The largest absolute Gasteiger partial charge is 0.338 e. The van der Waals surface area contributed by atoms with Gasteiger partial charge >= 0.3 is 0 Å². The van der Waals surface area contributed by atoms with Gasteiger partial charge < -0.3 is 25.8 Å². The van der Waals surface area contributed by atoms with Gasteiger partial charge in [-0.25, -0.2) is 40.6 Å². The summed E-state index contributed by atoms with van der Waals surface area (Å²) in [4.78, 5) is 26.4. The molecule has 0 bridgehead atoms. The number of rotatable bonds is 15. The van der Waals surface area contributed by atoms with E-state index < -0.39 is 31.7 Å². The molecule has 6 heterocycles. The number of hydrogen-bond acceptors (Lipinski definition) is 15. The zero-order valence-corrected chi connectivity index (χ0v) is 45.0. The van der Waals surface area contributed by atoms with Crippen LogP contribution in [0.3, 0.4) is 0 Å². The van der Waals surface area contributed by atoms with E-state index in [4.69, 9.17) is 23.2 Å². The highest BCUT2D eigenvalue weighted by molar-refractivity contribution is 7.89. The molecule has 0 aliphatic carbocycles. The van der Waals surface area contributed by atoms with Crippen molar-refractivity contribution in [1.82, 2.24) is 48.1 Å². The lowest BCUT2D eigenvalue weighted by Gasteiger charge is -2.32. The summed E-state index contributed by atoms with van der Waals surface area (Å²) < 4.78 is 84.8. The summed E-state index contributed by atoms with van der Waals surface area (Å²) in [5.74, 6) is -0.779. The van der Waals surface area contributed by atoms with Crippen LogP contribution in [-0.2, 0) is 33.1 Å². The topological polar surface area (TPSA) is 175 Å². The Hall–Kier alpha value is -5.46. The highest BCUT2D eigenvalue weighted by Crippen LogP contribution is 2.35. The van der Waals surface area contributed by atoms with Crippen LogP contribution in [0.25, 0.3) is 11.3 Å². The summed E-state index contributed by atoms with van der Waals surface area (Å²) in [5.41, 5.74) is 4.11. The van der Waals surface area contributed by atoms with Gasteiger partial charge in [-0.3, -0.25) is 9.80 Å². The van der Waals surface area contributed by atoms with Gasteiger partial charge in [0.15, 0.2) is 11.6 Å². The van der Waals surface area contributed by atoms with Crippen molar-refractivity contribution in [3.8, 4) is 11.3 Å². The molecule has 0 atom stereocenters. The Balaban J connectivity index is 0.000000184. The Kier molecular flexibility index (Phi) is 17.6. The zero-order valence-electron chi connectivity index (χ0n) is 41.9. The number of aromatic nitrogens is 4. The van der Waals surface area contributed by atoms with Gasteiger partial charge in [-0.05, 0) is 112 Å². The zero-order chi connectivity index (χ0) is 52.7. The average molecular weight is 1110 g/mol. The second-order valence-electron chi connectivity index (χ2n) is 19.2. The second kappa shape index (κ2) is 24.3. The number of anilines is 6. The number of piperazine rings is 2. The molecule has 4 fully saturated rings. The maximum absolute atomic E-state index is 14.9. The molecule has 3 N–H and O–H groups in total. The first-order chi connectivity index (χ1) is 36.1. The van der Waals surface area contributed by atoms with E-state index in [1.165, 1.54) is 38.1 Å². The summed E-state index contributed by atoms with van der Waals surface area (Å²) >= 11 is 12.6. The summed E-state index contributed by atoms with van der Waals surface area (Å²) in [6.45, 7) is 11.9. The van der Waals surface area contributed by atoms with Crippen molar-refractivity contribution in [2.24, 2.45) is 0 Å². The van der Waals surface area contributed by atoms with Crippen LogP contribution in [0.15, 0.2) is 107 Å². The predicted octanol–water partition coefficient (Wildman–Crippen LogP) is 8.50. The fourth-order valence-electron chi connectivity index (χ4n) is 9.29. The van der Waals surface area contributed by atoms with Gasteiger partial charge in [-0.1, -0.05) is 47.5 Å². The quantitative estimate of drug-likeness (QED) is 0.0892. The van der Waals surface area contributed by atoms with Crippen LogP contribution in [0.2, 0.25) is 10.0 Å². The third-order valence-corrected chi connectivity index (χ3v) is 18.1. The standard InChI is InChI=1S/C26H31Cl2N7O2S.C26H30F2N6O2S/c1-33-12-14-34(15-13-33)18-19-4-7-21(8-5-19)30-26-29-17-22(28)25(32-26)31-23-9-6-20(27)16-24(23)38(36,37)35-10-2-3-11-35;1-32-12-14-33(15-13-32)18-19-4-7-21(8-5-19)30-26-29-17-23(28)25(31-26)22-9-6-20(27)16-24(22)37(35,36)34-10-2-3-11-34/h4-9,16-17H,2-3,10-15,18H2,1H3,(H2,29,30,31,32);4-9,16-17H,2-3,10-15,18H2,1H3,(H,29,30,31). The van der Waals surface area contributed by atoms with Crippen LogP contribution < -0.4 is 16.0 Å². The molecule has 398 valence electrons. The van der Waals surface area contributed by atoms with Crippen LogP contribution in [-0.4, -0.2) is 158 Å². The van der Waals surface area contributed by atoms with Crippen molar-refractivity contribution < 1.29 is 25.6 Å². The molecular weight excluding hydrogens is 1040 g/mol. The number of halogens is 4. The molecule has 0 spiro atoms. The van der Waals surface area contributed by atoms with Gasteiger partial charge in [0.1, 0.15) is 21.4 Å². The summed E-state index contributed by atoms with van der Waals surface area (Å²) in [7, 11) is -3.45. The Morgan fingerprint density at radius 3 is 1.57 bits per heavy atom. The molecule has 23 heteroatoms. The number of hydrogen-bond donors (Lipinski definition) is 3. The fraction of sp³-hybridized carbons (Fsp3) is 0.385. The summed E-state index contributed by atoms with van der Waals surface area (Å²) in [6.07, 6.45) is 5.60. The van der Waals surface area contributed by atoms with Crippen molar-refractivity contribution >= 4 is 78.0 Å². The predicted molar refractivity (Wildman–Crippen MR) is 290 cm³/mol. The Morgan fingerprint density at radius 2 is 1.04 bits per heavy atom. The van der Waals surface area contributed by atoms with Crippen LogP contribution in [0.4, 0.5) is 43.6 Å². The molecule has 0 radical (unpaired) electrons. The van der Waals surface area contributed by atoms with Gasteiger partial charge in [0, 0.05) is 114 Å². The molecule has 2 aromatic heterocycles. The van der Waals surface area contributed by atoms with E-state index in [-0.39, 0.29) is 37.8 Å². The first kappa shape index (κ1) is 54.3. The maximum Gasteiger partial charge on any atom is 0.245 e. The Bertz CT molecular complexity index is 3160. The van der Waals surface area contributed by atoms with Crippen molar-refractivity contribution in [3.63, 3.8) is 0 Å². The van der Waals surface area contributed by atoms with Crippen molar-refractivity contribution in [3.05, 3.63) is 130 Å². The van der Waals surface area contributed by atoms with E-state index in [9.17, 15) is 25.6 Å². The number of nitrogens with one attached hydrogen (secondary N) is 3. The third kappa shape index (κ3) is 13.8. The highest BCUT2D eigenvalue weighted by Gasteiger charge is 2.32. The highest BCUT2D eigenvalue weighted by atomic mass is 35.5. The second-order valence-corrected chi connectivity index (χ2v) is 23.9. The Morgan fingerprint density at radius 1 is 0.547 bits per heavy atom. The van der Waals surface area contributed by atoms with Crippen LogP contribution in [0, 0.1) is 11.6 Å². The molecule has 0 amide bonds. The molecule has 17 nitrogen and oxygen atoms in total. The van der Waals surface area contributed by atoms with Crippen molar-refractivity contribution in [2.45, 2.75) is 48.6 Å². The van der Waals surface area contributed by atoms with Gasteiger partial charge in [0.2, 0.25) is 31.9 Å². The van der Waals surface area contributed by atoms with E-state index in [1.54, 1.807) is 12.1 Å². The minimum atomic E-state index is -4.01. The SMILES string of the molecule is CN1CCN(Cc2ccc(Nc3ncc(Cl)c(Nc4ccc(Cl)cc4S(=O)(=O)N4CCCC4)n3)cc2)CC1.CN1CCN(Cc2ccc(Nc3ncc(F)c(-c4ccc(F)cc4S(=O)(=O)N4CCCC4)n3)cc2)CC1. The molecule has 0 saturated carbocycles. The maximum atomic E-state index is 14.9. The molecule has 10 rings (SSSR count). The number of nitrogens with zero attached hydrogens (tertiary/aromatic N) is 10. The molecule has 4 saturated heterocycles. The number of likely N-dealkylation sites (N-methyl/N-ethyl adjacent to an activating group) is 2. The number of benzene rings is 4. The van der Waals surface area contributed by atoms with E-state index in [2.05, 4.69) is 81.7 Å². The van der Waals surface area contributed by atoms with Crippen LogP contribution >= 0.6 is 23.2 Å². The molecule has 75 heavy (non-hydrogen) atoms. The molecule has 4 aliphatic rings. The molecule has 4 aromatic carbocycles. The van der Waals surface area contributed by atoms with E-state index in [1.807, 2.05) is 36.4 Å². The monoisotopic (exact) mass is 1100 g/mol. The summed E-state index contributed by atoms with van der Waals surface area (Å²) in [6, 6.07) is 24.0. The lowest BCUT2D eigenvalue weighted by molar-refractivity contribution is 0.148. The molecule has 6 aromatic rings. The molecule has 0 unspecified atom stereocenters. The van der Waals surface area contributed by atoms with E-state index in [0.29, 0.717) is 48.5 Å². The molecular formula is C52H61Cl2F2N13O4S2. The van der Waals surface area contributed by atoms with Gasteiger partial charge in [-0.15, -0.1) is 0 Å². The minimum Gasteiger partial charge on any atom is -0.338 e. The van der Waals surface area contributed by atoms with Gasteiger partial charge in [0.25, 0.3) is 0 Å². The Labute approximate surface area is 448 Å². The molecule has 4 aliphatic heterocycles. The first-order valence-electron chi connectivity index (χ1n) is 25.0. The van der Waals surface area contributed by atoms with Crippen molar-refractivity contribution in [2.75, 3.05) is 109 Å². The third-order valence-electron chi connectivity index (χ3n) is 13.7. The van der Waals surface area contributed by atoms with Gasteiger partial charge in [0.05, 0.1) is 23.0 Å². The van der Waals surface area contributed by atoms with Crippen molar-refractivity contribution in [1.29, 1.82) is 0 Å². The smallest absolute Gasteiger partial charge is 0.245 e. The van der Waals surface area contributed by atoms with E-state index in [0.717, 1.165) is 115 Å². The summed E-state index contributed by atoms with van der Waals surface area (Å²) in [5, 5.41) is 9.94. The fourth-order valence-corrected chi connectivity index (χ4v) is 13.1. The first-order valence-corrected chi connectivity index (χ1v) is 28.7. The lowest BCUT2D eigenvalue weighted by atomic mass is 10.1. The average Bonchev–Trinajstić information content (AvgIpc) is 4.17. The normalized spacial score (nSPS) is 17.7. The van der Waals surface area contributed by atoms with Crippen LogP contribution in [0.5, 0.6) is 0 Å². The number of sulfonamides is 2. The van der Waals surface area contributed by atoms with Crippen LogP contribution in [0.1, 0.15) is 36.8 Å². The minimum absolute atomic E-state index is 0.00113. The van der Waals surface area contributed by atoms with Gasteiger partial charge in [-0.2, -0.15) is 13.6 Å².